The fourth-order valence-electron chi connectivity index (χ4n) is 2.21. The van der Waals surface area contributed by atoms with Crippen molar-refractivity contribution in [1.82, 2.24) is 10.3 Å². The van der Waals surface area contributed by atoms with Crippen molar-refractivity contribution in [2.24, 2.45) is 0 Å². The van der Waals surface area contributed by atoms with E-state index in [1.54, 1.807) is 6.20 Å². The van der Waals surface area contributed by atoms with Crippen LogP contribution in [0.5, 0.6) is 5.75 Å². The van der Waals surface area contributed by atoms with Crippen LogP contribution < -0.4 is 10.1 Å². The van der Waals surface area contributed by atoms with E-state index < -0.39 is 0 Å². The second-order valence-corrected chi connectivity index (χ2v) is 6.29. The Morgan fingerprint density at radius 1 is 1.25 bits per heavy atom. The summed E-state index contributed by atoms with van der Waals surface area (Å²) < 4.78 is 11.5. The Balaban J connectivity index is 1.83. The molecule has 1 N–H and O–H groups in total. The van der Waals surface area contributed by atoms with Crippen molar-refractivity contribution in [2.45, 2.75) is 39.5 Å². The van der Waals surface area contributed by atoms with Crippen LogP contribution in [-0.4, -0.2) is 24.2 Å². The zero-order valence-corrected chi connectivity index (χ0v) is 15.1. The molecule has 0 aliphatic carbocycles. The second-order valence-electron chi connectivity index (χ2n) is 5.85. The predicted molar refractivity (Wildman–Crippen MR) is 97.4 cm³/mol. The molecule has 0 atom stereocenters. The molecule has 0 aliphatic heterocycles. The van der Waals surface area contributed by atoms with Crippen molar-refractivity contribution >= 4 is 11.6 Å². The van der Waals surface area contributed by atoms with E-state index in [9.17, 15) is 0 Å². The number of nitrogens with one attached hydrogen (secondary N) is 1. The summed E-state index contributed by atoms with van der Waals surface area (Å²) >= 11 is 6.12. The third-order valence-electron chi connectivity index (χ3n) is 3.40. The van der Waals surface area contributed by atoms with Gasteiger partial charge in [0, 0.05) is 41.7 Å². The summed E-state index contributed by atoms with van der Waals surface area (Å²) in [6.07, 6.45) is 4.82. The van der Waals surface area contributed by atoms with Gasteiger partial charge in [-0.2, -0.15) is 0 Å². The maximum absolute atomic E-state index is 6.12. The number of hydrogen-bond acceptors (Lipinski definition) is 4. The summed E-state index contributed by atoms with van der Waals surface area (Å²) in [4.78, 5) is 4.10. The fourth-order valence-corrected chi connectivity index (χ4v) is 2.41. The first kappa shape index (κ1) is 18.7. The van der Waals surface area contributed by atoms with Crippen LogP contribution in [0.15, 0.2) is 42.7 Å². The van der Waals surface area contributed by atoms with Crippen LogP contribution >= 0.6 is 11.6 Å². The summed E-state index contributed by atoms with van der Waals surface area (Å²) in [6.45, 7) is 6.96. The van der Waals surface area contributed by atoms with Gasteiger partial charge in [0.05, 0.1) is 6.10 Å². The number of nitrogens with zero attached hydrogens (tertiary/aromatic N) is 1. The highest BCUT2D eigenvalue weighted by Crippen LogP contribution is 2.23. The number of benzene rings is 1. The first-order chi connectivity index (χ1) is 11.6. The first-order valence-corrected chi connectivity index (χ1v) is 8.65. The summed E-state index contributed by atoms with van der Waals surface area (Å²) in [7, 11) is 0. The van der Waals surface area contributed by atoms with Crippen molar-refractivity contribution in [3.8, 4) is 5.75 Å². The van der Waals surface area contributed by atoms with E-state index in [4.69, 9.17) is 21.1 Å². The minimum atomic E-state index is 0.283. The Kier molecular flexibility index (Phi) is 8.02. The van der Waals surface area contributed by atoms with E-state index in [0.29, 0.717) is 18.2 Å². The van der Waals surface area contributed by atoms with Gasteiger partial charge in [-0.05, 0) is 51.1 Å². The van der Waals surface area contributed by atoms with E-state index in [1.165, 1.54) is 0 Å². The molecule has 2 aromatic rings. The molecule has 0 spiro atoms. The maximum atomic E-state index is 6.12. The number of hydrogen-bond donors (Lipinski definition) is 1. The number of rotatable bonds is 10. The van der Waals surface area contributed by atoms with E-state index >= 15 is 0 Å². The summed E-state index contributed by atoms with van der Waals surface area (Å²) in [5, 5.41) is 4.12. The molecule has 0 amide bonds. The molecule has 1 aromatic carbocycles. The Morgan fingerprint density at radius 2 is 2.12 bits per heavy atom. The van der Waals surface area contributed by atoms with E-state index in [0.717, 1.165) is 36.4 Å². The van der Waals surface area contributed by atoms with Gasteiger partial charge < -0.3 is 14.8 Å². The zero-order chi connectivity index (χ0) is 17.2. The first-order valence-electron chi connectivity index (χ1n) is 8.27. The highest BCUT2D eigenvalue weighted by atomic mass is 35.5. The van der Waals surface area contributed by atoms with Gasteiger partial charge in [-0.1, -0.05) is 17.7 Å². The minimum absolute atomic E-state index is 0.283. The van der Waals surface area contributed by atoms with Crippen LogP contribution in [0.25, 0.3) is 0 Å². The molecule has 5 heteroatoms. The third-order valence-corrected chi connectivity index (χ3v) is 3.64. The molecule has 0 saturated carbocycles. The van der Waals surface area contributed by atoms with Crippen molar-refractivity contribution in [2.75, 3.05) is 13.2 Å². The van der Waals surface area contributed by atoms with Gasteiger partial charge >= 0.3 is 0 Å². The molecule has 0 aliphatic rings. The lowest BCUT2D eigenvalue weighted by Gasteiger charge is -2.13. The van der Waals surface area contributed by atoms with Crippen molar-refractivity contribution in [1.29, 1.82) is 0 Å². The highest BCUT2D eigenvalue weighted by Gasteiger charge is 2.05. The molecule has 0 bridgehead atoms. The van der Waals surface area contributed by atoms with Crippen LogP contribution in [0.1, 0.15) is 31.4 Å². The maximum Gasteiger partial charge on any atom is 0.124 e. The van der Waals surface area contributed by atoms with Crippen LogP contribution in [0.2, 0.25) is 5.02 Å². The summed E-state index contributed by atoms with van der Waals surface area (Å²) in [5.41, 5.74) is 2.09. The Hall–Kier alpha value is -1.62. The molecule has 1 heterocycles. The van der Waals surface area contributed by atoms with Crippen molar-refractivity contribution < 1.29 is 9.47 Å². The van der Waals surface area contributed by atoms with Crippen molar-refractivity contribution in [3.05, 3.63) is 58.9 Å². The molecule has 2 rings (SSSR count). The lowest BCUT2D eigenvalue weighted by atomic mass is 10.2. The normalized spacial score (nSPS) is 11.0. The molecular weight excluding hydrogens is 324 g/mol. The molecule has 1 aromatic heterocycles. The van der Waals surface area contributed by atoms with Crippen LogP contribution in [-0.2, 0) is 17.9 Å². The average molecular weight is 349 g/mol. The predicted octanol–water partition coefficient (Wildman–Crippen LogP) is 4.22. The topological polar surface area (TPSA) is 43.4 Å². The summed E-state index contributed by atoms with van der Waals surface area (Å²) in [5.74, 6) is 0.842. The number of halogens is 1. The lowest BCUT2D eigenvalue weighted by Crippen LogP contribution is -2.18. The molecular formula is C19H25ClN2O2. The van der Waals surface area contributed by atoms with Gasteiger partial charge in [-0.3, -0.25) is 4.98 Å². The molecule has 0 unspecified atom stereocenters. The van der Waals surface area contributed by atoms with Gasteiger partial charge in [-0.15, -0.1) is 0 Å². The molecule has 0 radical (unpaired) electrons. The number of ether oxygens (including phenoxy) is 2. The smallest absolute Gasteiger partial charge is 0.124 e. The molecule has 24 heavy (non-hydrogen) atoms. The van der Waals surface area contributed by atoms with Crippen LogP contribution in [0, 0.1) is 0 Å². The minimum Gasteiger partial charge on any atom is -0.489 e. The van der Waals surface area contributed by atoms with Gasteiger partial charge in [0.1, 0.15) is 12.4 Å². The molecule has 4 nitrogen and oxygen atoms in total. The van der Waals surface area contributed by atoms with Crippen LogP contribution in [0.3, 0.4) is 0 Å². The van der Waals surface area contributed by atoms with Gasteiger partial charge in [0.25, 0.3) is 0 Å². The van der Waals surface area contributed by atoms with Crippen LogP contribution in [0.4, 0.5) is 0 Å². The third kappa shape index (κ3) is 6.87. The largest absolute Gasteiger partial charge is 0.489 e. The zero-order valence-electron chi connectivity index (χ0n) is 14.3. The van der Waals surface area contributed by atoms with Gasteiger partial charge in [0.2, 0.25) is 0 Å². The second kappa shape index (κ2) is 10.3. The fraction of sp³-hybridized carbons (Fsp3) is 0.421. The monoisotopic (exact) mass is 348 g/mol. The summed E-state index contributed by atoms with van der Waals surface area (Å²) in [6, 6.07) is 9.60. The highest BCUT2D eigenvalue weighted by molar-refractivity contribution is 6.30. The quantitative estimate of drug-likeness (QED) is 0.653. The van der Waals surface area contributed by atoms with Gasteiger partial charge in [0.15, 0.2) is 0 Å². The molecule has 0 fully saturated rings. The van der Waals surface area contributed by atoms with Crippen molar-refractivity contribution in [3.63, 3.8) is 0 Å². The SMILES string of the molecule is CC(C)OCCCNCc1cc(Cl)ccc1OCc1cccnc1. The number of pyridine rings is 1. The standard InChI is InChI=1S/C19H25ClN2O2/c1-15(2)23-10-4-9-22-13-17-11-18(20)6-7-19(17)24-14-16-5-3-8-21-12-16/h3,5-8,11-12,15,22H,4,9-10,13-14H2,1-2H3. The lowest BCUT2D eigenvalue weighted by molar-refractivity contribution is 0.0770. The molecule has 0 saturated heterocycles. The van der Waals surface area contributed by atoms with E-state index in [1.807, 2.05) is 50.4 Å². The Bertz CT molecular complexity index is 606. The van der Waals surface area contributed by atoms with E-state index in [2.05, 4.69) is 10.3 Å². The Morgan fingerprint density at radius 3 is 2.88 bits per heavy atom. The average Bonchev–Trinajstić information content (AvgIpc) is 2.58. The number of aromatic nitrogens is 1. The van der Waals surface area contributed by atoms with E-state index in [-0.39, 0.29) is 6.10 Å². The van der Waals surface area contributed by atoms with Gasteiger partial charge in [-0.25, -0.2) is 0 Å². The Labute approximate surface area is 149 Å². The molecule has 130 valence electrons.